The molecule has 0 aliphatic carbocycles. The molecule has 2 N–H and O–H groups in total. The molecule has 104 valence electrons. The molecule has 3 rings (SSSR count). The Morgan fingerprint density at radius 1 is 1.37 bits per heavy atom. The summed E-state index contributed by atoms with van der Waals surface area (Å²) >= 11 is 0. The van der Waals surface area contributed by atoms with Crippen molar-refractivity contribution in [3.63, 3.8) is 0 Å². The van der Waals surface area contributed by atoms with E-state index in [0.717, 1.165) is 18.7 Å². The number of rotatable bonds is 3. The van der Waals surface area contributed by atoms with E-state index in [9.17, 15) is 4.39 Å². The summed E-state index contributed by atoms with van der Waals surface area (Å²) in [5.41, 5.74) is 7.21. The van der Waals surface area contributed by atoms with Crippen LogP contribution in [0.2, 0.25) is 0 Å². The third-order valence-corrected chi connectivity index (χ3v) is 5.05. The molecule has 0 spiro atoms. The Hall–Kier alpha value is -1.13. The van der Waals surface area contributed by atoms with E-state index in [-0.39, 0.29) is 11.4 Å². The highest BCUT2D eigenvalue weighted by Crippen LogP contribution is 2.40. The number of hydrogen-bond donors (Lipinski definition) is 1. The Labute approximate surface area is 114 Å². The Bertz CT molecular complexity index is 447. The van der Waals surface area contributed by atoms with Crippen molar-refractivity contribution < 1.29 is 4.39 Å². The monoisotopic (exact) mass is 263 g/mol. The van der Waals surface area contributed by atoms with E-state index in [1.165, 1.54) is 31.5 Å². The minimum absolute atomic E-state index is 0.00826. The normalized spacial score (nSPS) is 30.6. The van der Waals surface area contributed by atoms with Crippen LogP contribution in [0.15, 0.2) is 24.3 Å². The summed E-state index contributed by atoms with van der Waals surface area (Å²) in [4.78, 5) is 4.84. The van der Waals surface area contributed by atoms with Gasteiger partial charge in [-0.25, -0.2) is 4.39 Å². The molecule has 2 aliphatic heterocycles. The molecule has 0 radical (unpaired) electrons. The third kappa shape index (κ3) is 1.94. The van der Waals surface area contributed by atoms with Crippen LogP contribution in [0.1, 0.15) is 19.3 Å². The molecule has 1 aromatic carbocycles. The SMILES string of the molecule is CN(c1ccc(F)cc1)C1(CN)CCN2CCCC21. The van der Waals surface area contributed by atoms with Gasteiger partial charge < -0.3 is 10.6 Å². The molecule has 19 heavy (non-hydrogen) atoms. The fraction of sp³-hybridized carbons (Fsp3) is 0.600. The highest BCUT2D eigenvalue weighted by Gasteiger charge is 2.50. The molecule has 2 heterocycles. The van der Waals surface area contributed by atoms with Crippen LogP contribution < -0.4 is 10.6 Å². The fourth-order valence-corrected chi connectivity index (χ4v) is 3.89. The fourth-order valence-electron chi connectivity index (χ4n) is 3.89. The van der Waals surface area contributed by atoms with Gasteiger partial charge in [-0.2, -0.15) is 0 Å². The summed E-state index contributed by atoms with van der Waals surface area (Å²) in [6.45, 7) is 2.99. The lowest BCUT2D eigenvalue weighted by atomic mass is 9.86. The predicted octanol–water partition coefficient (Wildman–Crippen LogP) is 1.83. The van der Waals surface area contributed by atoms with Crippen LogP contribution in [0, 0.1) is 5.82 Å². The van der Waals surface area contributed by atoms with Crippen molar-refractivity contribution in [1.29, 1.82) is 0 Å². The number of hydrogen-bond acceptors (Lipinski definition) is 3. The van der Waals surface area contributed by atoms with Crippen LogP contribution in [-0.2, 0) is 0 Å². The molecule has 2 saturated heterocycles. The number of fused-ring (bicyclic) bond motifs is 1. The topological polar surface area (TPSA) is 32.5 Å². The van der Waals surface area contributed by atoms with Gasteiger partial charge in [0.25, 0.3) is 0 Å². The van der Waals surface area contributed by atoms with E-state index < -0.39 is 0 Å². The highest BCUT2D eigenvalue weighted by atomic mass is 19.1. The molecule has 3 nitrogen and oxygen atoms in total. The van der Waals surface area contributed by atoms with Gasteiger partial charge in [0.15, 0.2) is 0 Å². The zero-order valence-electron chi connectivity index (χ0n) is 11.5. The first-order valence-electron chi connectivity index (χ1n) is 7.11. The first-order valence-corrected chi connectivity index (χ1v) is 7.11. The molecule has 0 bridgehead atoms. The lowest BCUT2D eigenvalue weighted by Crippen LogP contribution is -2.58. The number of nitrogens with two attached hydrogens (primary N) is 1. The molecule has 2 aliphatic rings. The summed E-state index contributed by atoms with van der Waals surface area (Å²) in [5, 5.41) is 0. The lowest BCUT2D eigenvalue weighted by Gasteiger charge is -2.44. The molecule has 2 fully saturated rings. The van der Waals surface area contributed by atoms with Crippen molar-refractivity contribution in [3.05, 3.63) is 30.1 Å². The third-order valence-electron chi connectivity index (χ3n) is 5.05. The number of benzene rings is 1. The van der Waals surface area contributed by atoms with Gasteiger partial charge in [0, 0.05) is 31.9 Å². The number of anilines is 1. The van der Waals surface area contributed by atoms with Crippen molar-refractivity contribution in [3.8, 4) is 0 Å². The second-order valence-corrected chi connectivity index (χ2v) is 5.79. The first kappa shape index (κ1) is 12.9. The zero-order valence-corrected chi connectivity index (χ0v) is 11.5. The van der Waals surface area contributed by atoms with E-state index >= 15 is 0 Å². The summed E-state index contributed by atoms with van der Waals surface area (Å²) in [5.74, 6) is -0.187. The Balaban J connectivity index is 1.91. The molecule has 2 unspecified atom stereocenters. The smallest absolute Gasteiger partial charge is 0.123 e. The van der Waals surface area contributed by atoms with Crippen LogP contribution in [0.4, 0.5) is 10.1 Å². The number of nitrogens with zero attached hydrogens (tertiary/aromatic N) is 2. The maximum Gasteiger partial charge on any atom is 0.123 e. The van der Waals surface area contributed by atoms with Gasteiger partial charge in [-0.05, 0) is 50.1 Å². The van der Waals surface area contributed by atoms with E-state index in [2.05, 4.69) is 16.8 Å². The minimum Gasteiger partial charge on any atom is -0.366 e. The molecular formula is C15H22FN3. The quantitative estimate of drug-likeness (QED) is 0.903. The van der Waals surface area contributed by atoms with E-state index in [4.69, 9.17) is 5.73 Å². The van der Waals surface area contributed by atoms with Crippen LogP contribution in [0.5, 0.6) is 0 Å². The second-order valence-electron chi connectivity index (χ2n) is 5.79. The number of likely N-dealkylation sites (N-methyl/N-ethyl adjacent to an activating group) is 1. The Morgan fingerprint density at radius 3 is 2.79 bits per heavy atom. The molecule has 0 saturated carbocycles. The first-order chi connectivity index (χ1) is 9.17. The summed E-state index contributed by atoms with van der Waals surface area (Å²) in [7, 11) is 2.10. The largest absolute Gasteiger partial charge is 0.366 e. The molecule has 0 aromatic heterocycles. The van der Waals surface area contributed by atoms with Crippen molar-refractivity contribution in [1.82, 2.24) is 4.90 Å². The Morgan fingerprint density at radius 2 is 2.11 bits per heavy atom. The molecular weight excluding hydrogens is 241 g/mol. The van der Waals surface area contributed by atoms with E-state index in [1.807, 2.05) is 12.1 Å². The molecule has 2 atom stereocenters. The van der Waals surface area contributed by atoms with E-state index in [1.54, 1.807) is 0 Å². The van der Waals surface area contributed by atoms with Gasteiger partial charge in [-0.3, -0.25) is 4.90 Å². The number of halogens is 1. The maximum absolute atomic E-state index is 13.1. The summed E-state index contributed by atoms with van der Waals surface area (Å²) in [6.07, 6.45) is 3.59. The minimum atomic E-state index is -0.187. The highest BCUT2D eigenvalue weighted by molar-refractivity contribution is 5.50. The van der Waals surface area contributed by atoms with Gasteiger partial charge in [0.05, 0.1) is 5.54 Å². The second kappa shape index (κ2) is 4.76. The van der Waals surface area contributed by atoms with Crippen LogP contribution in [0.25, 0.3) is 0 Å². The van der Waals surface area contributed by atoms with Gasteiger partial charge in [-0.15, -0.1) is 0 Å². The Kier molecular flexibility index (Phi) is 3.23. The van der Waals surface area contributed by atoms with Gasteiger partial charge >= 0.3 is 0 Å². The standard InChI is InChI=1S/C15H22FN3/c1-18(13-6-4-12(16)5-7-13)15(11-17)8-10-19-9-2-3-14(15)19/h4-7,14H,2-3,8-11,17H2,1H3. The van der Waals surface area contributed by atoms with Crippen molar-refractivity contribution in [2.45, 2.75) is 30.8 Å². The van der Waals surface area contributed by atoms with Crippen LogP contribution in [-0.4, -0.2) is 43.2 Å². The van der Waals surface area contributed by atoms with Crippen molar-refractivity contribution in [2.75, 3.05) is 31.6 Å². The zero-order chi connectivity index (χ0) is 13.5. The van der Waals surface area contributed by atoms with Crippen molar-refractivity contribution >= 4 is 5.69 Å². The van der Waals surface area contributed by atoms with Gasteiger partial charge in [0.1, 0.15) is 5.82 Å². The molecule has 4 heteroatoms. The lowest BCUT2D eigenvalue weighted by molar-refractivity contribution is 0.262. The van der Waals surface area contributed by atoms with Gasteiger partial charge in [-0.1, -0.05) is 0 Å². The average Bonchev–Trinajstić information content (AvgIpc) is 3.01. The van der Waals surface area contributed by atoms with Crippen molar-refractivity contribution in [2.24, 2.45) is 5.73 Å². The van der Waals surface area contributed by atoms with Gasteiger partial charge in [0.2, 0.25) is 0 Å². The molecule has 0 amide bonds. The predicted molar refractivity (Wildman–Crippen MR) is 75.8 cm³/mol. The summed E-state index contributed by atoms with van der Waals surface area (Å²) < 4.78 is 13.1. The maximum atomic E-state index is 13.1. The average molecular weight is 263 g/mol. The van der Waals surface area contributed by atoms with Crippen LogP contribution in [0.3, 0.4) is 0 Å². The van der Waals surface area contributed by atoms with Crippen LogP contribution >= 0.6 is 0 Å². The summed E-state index contributed by atoms with van der Waals surface area (Å²) in [6, 6.07) is 7.30. The van der Waals surface area contributed by atoms with E-state index in [0.29, 0.717) is 12.6 Å². The molecule has 1 aromatic rings.